The van der Waals surface area contributed by atoms with Crippen molar-refractivity contribution in [2.24, 2.45) is 0 Å². The summed E-state index contributed by atoms with van der Waals surface area (Å²) in [5, 5.41) is 15.1. The van der Waals surface area contributed by atoms with Gasteiger partial charge in [0.25, 0.3) is 5.03 Å². The number of hydrogen-bond acceptors (Lipinski definition) is 3. The van der Waals surface area contributed by atoms with E-state index in [0.29, 0.717) is 30.5 Å². The van der Waals surface area contributed by atoms with Gasteiger partial charge in [0.15, 0.2) is 6.20 Å². The number of thioether (sulfide) groups is 1. The Hall–Kier alpha value is -1.14. The zero-order valence-corrected chi connectivity index (χ0v) is 14.4. The first-order chi connectivity index (χ1) is 10.4. The molecule has 1 N–H and O–H groups in total. The molecule has 0 bridgehead atoms. The lowest BCUT2D eigenvalue weighted by Gasteiger charge is -2.13. The maximum absolute atomic E-state index is 12.2. The number of halogens is 3. The summed E-state index contributed by atoms with van der Waals surface area (Å²) in [6.45, 7) is 1.69. The van der Waals surface area contributed by atoms with Crippen molar-refractivity contribution in [1.82, 2.24) is 0 Å². The summed E-state index contributed by atoms with van der Waals surface area (Å²) >= 11 is 18.9. The number of benzene rings is 1. The normalized spacial score (nSPS) is 12.0. The van der Waals surface area contributed by atoms with Crippen LogP contribution in [0, 0.1) is 5.21 Å². The van der Waals surface area contributed by atoms with E-state index in [1.807, 2.05) is 0 Å². The topological polar surface area (TPSA) is 56.0 Å². The van der Waals surface area contributed by atoms with Crippen molar-refractivity contribution in [3.05, 3.63) is 56.8 Å². The Labute approximate surface area is 147 Å². The molecule has 0 saturated carbocycles. The molecule has 2 rings (SSSR count). The van der Waals surface area contributed by atoms with Crippen LogP contribution in [0.3, 0.4) is 0 Å². The highest BCUT2D eigenvalue weighted by atomic mass is 35.5. The Balaban J connectivity index is 2.09. The molecule has 1 heterocycles. The van der Waals surface area contributed by atoms with Gasteiger partial charge in [0, 0.05) is 12.1 Å². The van der Waals surface area contributed by atoms with Crippen LogP contribution >= 0.6 is 46.6 Å². The van der Waals surface area contributed by atoms with E-state index in [9.17, 15) is 10.0 Å². The van der Waals surface area contributed by atoms with Crippen LogP contribution in [-0.4, -0.2) is 11.2 Å². The van der Waals surface area contributed by atoms with E-state index >= 15 is 0 Å². The SMILES string of the molecule is CC(Sc1cccc[n+]1[O-])C(=O)Nc1cc(Cl)c(Cl)cc1Cl. The molecular weight excluding hydrogens is 367 g/mol. The number of rotatable bonds is 4. The predicted molar refractivity (Wildman–Crippen MR) is 90.8 cm³/mol. The fourth-order valence-corrected chi connectivity index (χ4v) is 3.04. The van der Waals surface area contributed by atoms with E-state index in [0.717, 1.165) is 11.8 Å². The van der Waals surface area contributed by atoms with Gasteiger partial charge >= 0.3 is 0 Å². The van der Waals surface area contributed by atoms with Crippen molar-refractivity contribution < 1.29 is 9.52 Å². The van der Waals surface area contributed by atoms with Crippen molar-refractivity contribution in [2.45, 2.75) is 17.2 Å². The lowest BCUT2D eigenvalue weighted by Crippen LogP contribution is -2.30. The van der Waals surface area contributed by atoms with Gasteiger partial charge in [0.1, 0.15) is 0 Å². The van der Waals surface area contributed by atoms with E-state index in [-0.39, 0.29) is 5.91 Å². The zero-order valence-electron chi connectivity index (χ0n) is 11.3. The summed E-state index contributed by atoms with van der Waals surface area (Å²) < 4.78 is 0.709. The molecule has 0 aliphatic carbocycles. The molecule has 1 aromatic heterocycles. The molecule has 0 fully saturated rings. The quantitative estimate of drug-likeness (QED) is 0.372. The monoisotopic (exact) mass is 376 g/mol. The molecule has 2 aromatic rings. The van der Waals surface area contributed by atoms with Crippen LogP contribution in [0.2, 0.25) is 15.1 Å². The molecule has 22 heavy (non-hydrogen) atoms. The lowest BCUT2D eigenvalue weighted by molar-refractivity contribution is -0.645. The second kappa shape index (κ2) is 7.42. The predicted octanol–water partition coefficient (Wildman–Crippen LogP) is 4.40. The third-order valence-corrected chi connectivity index (χ3v) is 4.88. The van der Waals surface area contributed by atoms with Crippen molar-refractivity contribution >= 4 is 58.2 Å². The lowest BCUT2D eigenvalue weighted by atomic mass is 10.3. The number of amides is 1. The van der Waals surface area contributed by atoms with Crippen LogP contribution in [0.25, 0.3) is 0 Å². The smallest absolute Gasteiger partial charge is 0.252 e. The number of aromatic nitrogens is 1. The Morgan fingerprint density at radius 2 is 1.91 bits per heavy atom. The number of nitrogens with one attached hydrogen (secondary N) is 1. The summed E-state index contributed by atoms with van der Waals surface area (Å²) in [5.74, 6) is -0.297. The summed E-state index contributed by atoms with van der Waals surface area (Å²) in [6, 6.07) is 7.95. The number of carbonyl (C=O) groups excluding carboxylic acids is 1. The Bertz CT molecular complexity index is 712. The van der Waals surface area contributed by atoms with Crippen molar-refractivity contribution in [3.8, 4) is 0 Å². The minimum atomic E-state index is -0.492. The van der Waals surface area contributed by atoms with Gasteiger partial charge in [-0.1, -0.05) is 34.8 Å². The summed E-state index contributed by atoms with van der Waals surface area (Å²) in [5.41, 5.74) is 0.372. The summed E-state index contributed by atoms with van der Waals surface area (Å²) in [7, 11) is 0. The van der Waals surface area contributed by atoms with Crippen LogP contribution in [0.15, 0.2) is 41.6 Å². The average Bonchev–Trinajstić information content (AvgIpc) is 2.47. The van der Waals surface area contributed by atoms with Crippen LogP contribution in [0.5, 0.6) is 0 Å². The first-order valence-electron chi connectivity index (χ1n) is 6.18. The molecule has 1 amide bonds. The molecule has 1 aromatic carbocycles. The number of carbonyl (C=O) groups is 1. The first-order valence-corrected chi connectivity index (χ1v) is 8.20. The first kappa shape index (κ1) is 17.2. The molecule has 0 spiro atoms. The third-order valence-electron chi connectivity index (χ3n) is 2.72. The van der Waals surface area contributed by atoms with Gasteiger partial charge in [-0.25, -0.2) is 0 Å². The summed E-state index contributed by atoms with van der Waals surface area (Å²) in [4.78, 5) is 12.2. The van der Waals surface area contributed by atoms with Crippen molar-refractivity contribution in [1.29, 1.82) is 0 Å². The molecule has 4 nitrogen and oxygen atoms in total. The van der Waals surface area contributed by atoms with Gasteiger partial charge in [-0.3, -0.25) is 4.79 Å². The highest BCUT2D eigenvalue weighted by molar-refractivity contribution is 8.00. The van der Waals surface area contributed by atoms with Crippen LogP contribution in [0.4, 0.5) is 5.69 Å². The molecular formula is C14H11Cl3N2O2S. The maximum atomic E-state index is 12.2. The van der Waals surface area contributed by atoms with Crippen LogP contribution < -0.4 is 10.0 Å². The number of hydrogen-bond donors (Lipinski definition) is 1. The van der Waals surface area contributed by atoms with Gasteiger partial charge in [-0.2, -0.15) is 4.73 Å². The second-order valence-electron chi connectivity index (χ2n) is 4.36. The Morgan fingerprint density at radius 1 is 1.23 bits per heavy atom. The number of pyridine rings is 1. The molecule has 1 atom stereocenters. The van der Waals surface area contributed by atoms with Crippen molar-refractivity contribution in [3.63, 3.8) is 0 Å². The summed E-state index contributed by atoms with van der Waals surface area (Å²) in [6.07, 6.45) is 1.38. The average molecular weight is 378 g/mol. The standard InChI is InChI=1S/C14H11Cl3N2O2S/c1-8(22-13-4-2-3-5-19(13)21)14(20)18-12-7-10(16)9(15)6-11(12)17/h2-8H,1H3,(H,18,20). The molecule has 0 radical (unpaired) electrons. The molecule has 8 heteroatoms. The van der Waals surface area contributed by atoms with E-state index in [1.165, 1.54) is 18.3 Å². The van der Waals surface area contributed by atoms with Crippen molar-refractivity contribution in [2.75, 3.05) is 5.32 Å². The van der Waals surface area contributed by atoms with E-state index in [2.05, 4.69) is 5.32 Å². The van der Waals surface area contributed by atoms with Crippen LogP contribution in [-0.2, 0) is 4.79 Å². The molecule has 1 unspecified atom stereocenters. The molecule has 0 saturated heterocycles. The fourth-order valence-electron chi connectivity index (χ4n) is 1.59. The van der Waals surface area contributed by atoms with Crippen LogP contribution in [0.1, 0.15) is 6.92 Å². The van der Waals surface area contributed by atoms with E-state index < -0.39 is 5.25 Å². The minimum absolute atomic E-state index is 0.290. The Morgan fingerprint density at radius 3 is 2.59 bits per heavy atom. The molecule has 116 valence electrons. The second-order valence-corrected chi connectivity index (χ2v) is 6.94. The van der Waals surface area contributed by atoms with Gasteiger partial charge in [-0.05, 0) is 36.9 Å². The van der Waals surface area contributed by atoms with Gasteiger partial charge in [0.2, 0.25) is 5.91 Å². The molecule has 0 aliphatic rings. The minimum Gasteiger partial charge on any atom is -0.618 e. The van der Waals surface area contributed by atoms with E-state index in [1.54, 1.807) is 25.1 Å². The number of nitrogens with zero attached hydrogens (tertiary/aromatic N) is 1. The van der Waals surface area contributed by atoms with Gasteiger partial charge in [0.05, 0.1) is 26.0 Å². The maximum Gasteiger partial charge on any atom is 0.252 e. The molecule has 0 aliphatic heterocycles. The largest absolute Gasteiger partial charge is 0.618 e. The van der Waals surface area contributed by atoms with Gasteiger partial charge < -0.3 is 10.5 Å². The van der Waals surface area contributed by atoms with Gasteiger partial charge in [-0.15, -0.1) is 0 Å². The fraction of sp³-hybridized carbons (Fsp3) is 0.143. The Kier molecular flexibility index (Phi) is 5.81. The number of anilines is 1. The highest BCUT2D eigenvalue weighted by Gasteiger charge is 2.20. The zero-order chi connectivity index (χ0) is 16.3. The van der Waals surface area contributed by atoms with E-state index in [4.69, 9.17) is 34.8 Å². The third kappa shape index (κ3) is 4.20. The highest BCUT2D eigenvalue weighted by Crippen LogP contribution is 2.32.